The number of amides is 5. The minimum atomic E-state index is -1.24. The highest BCUT2D eigenvalue weighted by molar-refractivity contribution is 7.99. The van der Waals surface area contributed by atoms with E-state index >= 15 is 9.59 Å². The smallest absolute Gasteiger partial charge is 0.419 e. The molecule has 1 aliphatic rings. The molecule has 0 saturated carbocycles. The molecule has 0 spiro atoms. The average Bonchev–Trinajstić information content (AvgIpc) is 3.69. The van der Waals surface area contributed by atoms with Crippen molar-refractivity contribution in [3.8, 4) is 0 Å². The predicted octanol–water partition coefficient (Wildman–Crippen LogP) is 7.58. The number of nitrogens with zero attached hydrogens (tertiary/aromatic N) is 4. The molecule has 3 atom stereocenters. The second-order valence-electron chi connectivity index (χ2n) is 21.1. The van der Waals surface area contributed by atoms with Crippen LogP contribution in [-0.2, 0) is 48.1 Å². The number of hydrogen-bond donors (Lipinski definition) is 7. The molecule has 2 aromatic heterocycles. The number of para-hydroxylation sites is 1. The molecule has 4 aromatic rings. The maximum atomic E-state index is 15.2. The third-order valence-corrected chi connectivity index (χ3v) is 13.2. The van der Waals surface area contributed by atoms with Crippen LogP contribution in [0, 0.1) is 5.41 Å². The van der Waals surface area contributed by atoms with Crippen LogP contribution in [0.25, 0.3) is 10.9 Å². The van der Waals surface area contributed by atoms with Crippen molar-refractivity contribution in [3.05, 3.63) is 88.2 Å². The lowest BCUT2D eigenvalue weighted by molar-refractivity contribution is -0.142. The molecular formula is C53H72ClN11O9S. The SMILES string of the molecule is CN1C(=O)[C@H](CCCCNC(=O)OC(C)(C)C)NC(=O)[C@H](CCCNC(=O)OC(C)(C)C)NCc2cccnc2Sc2c(Cl)cc(/C(C=N)=N/N)cc2CNC(=O)[C@@H]1Cc1cn(C(=O)OC(C)(C)C)c2ccccc12. The highest BCUT2D eigenvalue weighted by Crippen LogP contribution is 2.38. The Morgan fingerprint density at radius 3 is 2.13 bits per heavy atom. The molecule has 8 N–H and O–H groups in total. The Kier molecular flexibility index (Phi) is 20.6. The summed E-state index contributed by atoms with van der Waals surface area (Å²) in [6.07, 6.45) is 3.72. The van der Waals surface area contributed by atoms with Gasteiger partial charge in [-0.3, -0.25) is 19.0 Å². The zero-order valence-corrected chi connectivity index (χ0v) is 46.1. The Labute approximate surface area is 447 Å². The molecule has 75 heavy (non-hydrogen) atoms. The number of alkyl carbamates (subject to hydrolysis) is 2. The van der Waals surface area contributed by atoms with Crippen molar-refractivity contribution in [2.24, 2.45) is 10.9 Å². The largest absolute Gasteiger partial charge is 0.444 e. The molecule has 0 fully saturated rings. The maximum absolute atomic E-state index is 15.2. The van der Waals surface area contributed by atoms with Crippen molar-refractivity contribution in [1.82, 2.24) is 41.0 Å². The fourth-order valence-corrected chi connectivity index (χ4v) is 9.40. The number of pyridine rings is 1. The van der Waals surface area contributed by atoms with Crippen LogP contribution in [0.1, 0.15) is 117 Å². The lowest BCUT2D eigenvalue weighted by Gasteiger charge is -2.32. The predicted molar refractivity (Wildman–Crippen MR) is 289 cm³/mol. The van der Waals surface area contributed by atoms with E-state index in [1.807, 2.05) is 12.1 Å². The van der Waals surface area contributed by atoms with Gasteiger partial charge >= 0.3 is 18.3 Å². The van der Waals surface area contributed by atoms with E-state index in [9.17, 15) is 19.2 Å². The van der Waals surface area contributed by atoms with Gasteiger partial charge in [-0.05, 0) is 135 Å². The monoisotopic (exact) mass is 1070 g/mol. The van der Waals surface area contributed by atoms with Crippen LogP contribution in [0.3, 0.4) is 0 Å². The molecule has 0 unspecified atom stereocenters. The Balaban J connectivity index is 1.61. The molecule has 2 aromatic carbocycles. The van der Waals surface area contributed by atoms with Gasteiger partial charge < -0.3 is 56.9 Å². The fraction of sp³-hybridized carbons (Fsp3) is 0.491. The Hall–Kier alpha value is -6.71. The highest BCUT2D eigenvalue weighted by Gasteiger charge is 2.35. The normalized spacial score (nSPS) is 17.4. The van der Waals surface area contributed by atoms with E-state index in [0.717, 1.165) is 6.21 Å². The molecule has 0 bridgehead atoms. The molecule has 5 amide bonds. The summed E-state index contributed by atoms with van der Waals surface area (Å²) in [5.74, 6) is 4.01. The van der Waals surface area contributed by atoms with Crippen molar-refractivity contribution in [3.63, 3.8) is 0 Å². The van der Waals surface area contributed by atoms with Gasteiger partial charge in [-0.1, -0.05) is 47.6 Å². The van der Waals surface area contributed by atoms with E-state index in [-0.39, 0.29) is 56.2 Å². The molecule has 1 aliphatic heterocycles. The summed E-state index contributed by atoms with van der Waals surface area (Å²) in [5.41, 5.74) is 0.589. The number of likely N-dealkylation sites (N-methyl/N-ethyl adjacent to an activating group) is 1. The quantitative estimate of drug-likeness (QED) is 0.0224. The van der Waals surface area contributed by atoms with Crippen molar-refractivity contribution in [1.29, 1.82) is 5.41 Å². The number of carbonyl (C=O) groups is 6. The van der Waals surface area contributed by atoms with E-state index in [1.165, 1.54) is 28.3 Å². The van der Waals surface area contributed by atoms with Gasteiger partial charge in [-0.2, -0.15) is 5.10 Å². The molecule has 0 aliphatic carbocycles. The Bertz CT molecular complexity index is 2750. The lowest BCUT2D eigenvalue weighted by atomic mass is 10.0. The standard InChI is InChI=1S/C53H72ClN11O9S/c1-51(2,3)72-48(69)58-22-14-13-19-39-47(68)64(10)42(27-35-31-65(50(71)74-53(7,8)9)41-21-12-11-18-36(35)41)45(67)61-30-34-25-33(40(28-55)63-56)26-37(54)43(34)75-46-32(17-15-23-57-46)29-60-38(44(66)62-39)20-16-24-59-49(70)73-52(4,5)6/h11-12,15,17-18,21,23,25-26,28,31,38-39,42,55,60H,13-14,16,19-20,22,24,27,29-30,56H2,1-10H3,(H,58,69)(H,59,70)(H,61,67)(H,62,66)/b55-28?,63-40+/t38-,39-,42-/m0/s1. The number of fused-ring (bicyclic) bond motifs is 3. The number of hydrogen-bond acceptors (Lipinski definition) is 15. The molecule has 0 saturated heterocycles. The minimum absolute atomic E-state index is 0.0861. The minimum Gasteiger partial charge on any atom is -0.444 e. The summed E-state index contributed by atoms with van der Waals surface area (Å²) in [4.78, 5) is 90.2. The number of rotatable bonds is 13. The topological polar surface area (TPSA) is 274 Å². The van der Waals surface area contributed by atoms with Crippen LogP contribution in [0.2, 0.25) is 5.02 Å². The van der Waals surface area contributed by atoms with Crippen LogP contribution in [0.4, 0.5) is 14.4 Å². The van der Waals surface area contributed by atoms with Gasteiger partial charge in [-0.15, -0.1) is 0 Å². The van der Waals surface area contributed by atoms with E-state index in [4.69, 9.17) is 42.0 Å². The van der Waals surface area contributed by atoms with Crippen LogP contribution < -0.4 is 32.4 Å². The summed E-state index contributed by atoms with van der Waals surface area (Å²) >= 11 is 8.30. The number of carbonyl (C=O) groups excluding carboxylic acids is 6. The van der Waals surface area contributed by atoms with Gasteiger partial charge in [0.2, 0.25) is 17.7 Å². The van der Waals surface area contributed by atoms with E-state index < -0.39 is 70.9 Å². The molecule has 20 nitrogen and oxygen atoms in total. The first-order valence-corrected chi connectivity index (χ1v) is 26.0. The molecule has 22 heteroatoms. The number of unbranched alkanes of at least 4 members (excludes halogenated alkanes) is 1. The summed E-state index contributed by atoms with van der Waals surface area (Å²) in [7, 11) is 1.49. The summed E-state index contributed by atoms with van der Waals surface area (Å²) in [5, 5.41) is 28.1. The zero-order chi connectivity index (χ0) is 55.3. The Morgan fingerprint density at radius 2 is 1.49 bits per heavy atom. The second kappa shape index (κ2) is 26.2. The molecule has 3 heterocycles. The van der Waals surface area contributed by atoms with E-state index in [2.05, 4.69) is 31.7 Å². The first-order chi connectivity index (χ1) is 35.3. The number of ether oxygens (including phenoxy) is 3. The lowest BCUT2D eigenvalue weighted by Crippen LogP contribution is -2.57. The van der Waals surface area contributed by atoms with Crippen molar-refractivity contribution < 1.29 is 43.0 Å². The molecule has 0 radical (unpaired) electrons. The number of nitrogens with one attached hydrogen (secondary N) is 6. The number of nitrogens with two attached hydrogens (primary N) is 1. The van der Waals surface area contributed by atoms with Crippen LogP contribution in [0.5, 0.6) is 0 Å². The van der Waals surface area contributed by atoms with Gasteiger partial charge in [0.15, 0.2) is 0 Å². The number of hydrazone groups is 1. The molecule has 406 valence electrons. The third kappa shape index (κ3) is 17.7. The summed E-state index contributed by atoms with van der Waals surface area (Å²) in [6.45, 7) is 16.2. The number of benzene rings is 2. The van der Waals surface area contributed by atoms with Crippen LogP contribution >= 0.6 is 23.4 Å². The second-order valence-corrected chi connectivity index (χ2v) is 22.5. The highest BCUT2D eigenvalue weighted by atomic mass is 35.5. The fourth-order valence-electron chi connectivity index (χ4n) is 8.05. The van der Waals surface area contributed by atoms with Gasteiger partial charge in [-0.25, -0.2) is 19.4 Å². The van der Waals surface area contributed by atoms with Crippen molar-refractivity contribution >= 4 is 82.2 Å². The van der Waals surface area contributed by atoms with Gasteiger partial charge in [0.1, 0.15) is 39.6 Å². The van der Waals surface area contributed by atoms with Gasteiger partial charge in [0.05, 0.1) is 16.6 Å². The third-order valence-electron chi connectivity index (χ3n) is 11.5. The van der Waals surface area contributed by atoms with E-state index in [1.54, 1.807) is 111 Å². The first-order valence-electron chi connectivity index (χ1n) is 24.8. The van der Waals surface area contributed by atoms with Crippen LogP contribution in [0.15, 0.2) is 75.9 Å². The molecule has 5 rings (SSSR count). The van der Waals surface area contributed by atoms with Gasteiger partial charge in [0.25, 0.3) is 0 Å². The van der Waals surface area contributed by atoms with Gasteiger partial charge in [0, 0.05) is 74.1 Å². The van der Waals surface area contributed by atoms with Crippen molar-refractivity contribution in [2.75, 3.05) is 20.1 Å². The summed E-state index contributed by atoms with van der Waals surface area (Å²) in [6, 6.07) is 10.8. The first kappa shape index (κ1) is 59.2. The number of halogens is 1. The zero-order valence-electron chi connectivity index (χ0n) is 44.5. The maximum Gasteiger partial charge on any atom is 0.419 e. The van der Waals surface area contributed by atoms with E-state index in [0.29, 0.717) is 62.3 Å². The summed E-state index contributed by atoms with van der Waals surface area (Å²) < 4.78 is 17.9. The van der Waals surface area contributed by atoms with Crippen molar-refractivity contribution in [2.45, 2.75) is 159 Å². The average molecular weight is 1070 g/mol. The van der Waals surface area contributed by atoms with Crippen LogP contribution in [-0.4, -0.2) is 117 Å². The number of aromatic nitrogens is 2. The molecular weight excluding hydrogens is 1000 g/mol. The Morgan fingerprint density at radius 1 is 0.853 bits per heavy atom.